The van der Waals surface area contributed by atoms with E-state index in [2.05, 4.69) is 27.2 Å². The predicted octanol–water partition coefficient (Wildman–Crippen LogP) is 3.24. The number of ether oxygens (including phenoxy) is 2. The first-order chi connectivity index (χ1) is 16.1. The van der Waals surface area contributed by atoms with E-state index in [1.54, 1.807) is 19.2 Å². The Morgan fingerprint density at radius 3 is 2.70 bits per heavy atom. The molecule has 0 aromatic heterocycles. The summed E-state index contributed by atoms with van der Waals surface area (Å²) in [6.45, 7) is 5.97. The van der Waals surface area contributed by atoms with E-state index in [9.17, 15) is 9.18 Å². The van der Waals surface area contributed by atoms with Crippen molar-refractivity contribution in [3.8, 4) is 5.75 Å². The highest BCUT2D eigenvalue weighted by molar-refractivity contribution is 5.79. The zero-order chi connectivity index (χ0) is 23.0. The second-order valence-corrected chi connectivity index (χ2v) is 8.89. The van der Waals surface area contributed by atoms with Crippen molar-refractivity contribution < 1.29 is 18.7 Å². The van der Waals surface area contributed by atoms with Gasteiger partial charge in [0, 0.05) is 32.7 Å². The first-order valence-electron chi connectivity index (χ1n) is 11.8. The number of nitrogens with zero attached hydrogens (tertiary/aromatic N) is 2. The Balaban J connectivity index is 1.36. The Morgan fingerprint density at radius 2 is 1.97 bits per heavy atom. The highest BCUT2D eigenvalue weighted by Gasteiger charge is 2.28. The van der Waals surface area contributed by atoms with Crippen LogP contribution in [0.4, 0.5) is 4.39 Å². The third kappa shape index (κ3) is 6.53. The van der Waals surface area contributed by atoms with Gasteiger partial charge in [0.15, 0.2) is 0 Å². The number of carbonyl (C=O) groups excluding carboxylic acids is 1. The van der Waals surface area contributed by atoms with Gasteiger partial charge in [0.1, 0.15) is 11.6 Å². The van der Waals surface area contributed by atoms with Crippen molar-refractivity contribution >= 4 is 5.91 Å². The Labute approximate surface area is 195 Å². The van der Waals surface area contributed by atoms with Gasteiger partial charge < -0.3 is 14.8 Å². The fourth-order valence-electron chi connectivity index (χ4n) is 4.82. The lowest BCUT2D eigenvalue weighted by Crippen LogP contribution is -2.47. The summed E-state index contributed by atoms with van der Waals surface area (Å²) in [6, 6.07) is 14.9. The summed E-state index contributed by atoms with van der Waals surface area (Å²) in [6.07, 6.45) is 1.86. The number of benzene rings is 2. The largest absolute Gasteiger partial charge is 0.497 e. The molecule has 2 aromatic rings. The van der Waals surface area contributed by atoms with Crippen LogP contribution >= 0.6 is 0 Å². The number of hydrogen-bond acceptors (Lipinski definition) is 5. The minimum Gasteiger partial charge on any atom is -0.497 e. The average Bonchev–Trinajstić information content (AvgIpc) is 2.85. The van der Waals surface area contributed by atoms with Gasteiger partial charge in [0.25, 0.3) is 0 Å². The normalized spacial score (nSPS) is 20.8. The monoisotopic (exact) mass is 455 g/mol. The maximum Gasteiger partial charge on any atom is 0.224 e. The molecule has 2 fully saturated rings. The quantitative estimate of drug-likeness (QED) is 0.662. The Bertz CT molecular complexity index is 902. The molecule has 2 aromatic carbocycles. The van der Waals surface area contributed by atoms with Crippen LogP contribution in [0.15, 0.2) is 48.5 Å². The van der Waals surface area contributed by atoms with Crippen molar-refractivity contribution in [2.45, 2.75) is 25.4 Å². The molecule has 1 N–H and O–H groups in total. The number of amides is 1. The van der Waals surface area contributed by atoms with Gasteiger partial charge in [-0.3, -0.25) is 14.6 Å². The van der Waals surface area contributed by atoms with Gasteiger partial charge in [0.05, 0.1) is 32.3 Å². The second-order valence-electron chi connectivity index (χ2n) is 8.89. The molecule has 2 heterocycles. The maximum absolute atomic E-state index is 13.5. The number of rotatable bonds is 8. The lowest BCUT2D eigenvalue weighted by Gasteiger charge is -2.36. The third-order valence-corrected chi connectivity index (χ3v) is 6.63. The molecule has 0 spiro atoms. The molecule has 33 heavy (non-hydrogen) atoms. The van der Waals surface area contributed by atoms with Crippen molar-refractivity contribution in [3.05, 3.63) is 65.5 Å². The van der Waals surface area contributed by atoms with Crippen LogP contribution in [0.1, 0.15) is 30.0 Å². The summed E-state index contributed by atoms with van der Waals surface area (Å²) >= 11 is 0. The SMILES string of the molecule is COc1ccc(C(CNC(=O)C2CCCN(Cc3cccc(F)c3)C2)N2CCOCC2)cc1. The van der Waals surface area contributed by atoms with Crippen molar-refractivity contribution in [2.75, 3.05) is 53.0 Å². The van der Waals surface area contributed by atoms with Crippen molar-refractivity contribution in [3.63, 3.8) is 0 Å². The van der Waals surface area contributed by atoms with E-state index in [4.69, 9.17) is 9.47 Å². The topological polar surface area (TPSA) is 54.0 Å². The zero-order valence-corrected chi connectivity index (χ0v) is 19.3. The third-order valence-electron chi connectivity index (χ3n) is 6.63. The molecule has 7 heteroatoms. The molecule has 4 rings (SSSR count). The standard InChI is InChI=1S/C26H34FN3O3/c1-32-24-9-7-21(8-10-24)25(30-12-14-33-15-13-30)17-28-26(31)22-5-3-11-29(19-22)18-20-4-2-6-23(27)16-20/h2,4,6-10,16,22,25H,3,5,11-15,17-19H2,1H3,(H,28,31). The lowest BCUT2D eigenvalue weighted by atomic mass is 9.96. The molecule has 0 bridgehead atoms. The Hall–Kier alpha value is -2.48. The maximum atomic E-state index is 13.5. The van der Waals surface area contributed by atoms with Gasteiger partial charge in [-0.2, -0.15) is 0 Å². The number of methoxy groups -OCH3 is 1. The van der Waals surface area contributed by atoms with Crippen LogP contribution in [0, 0.1) is 11.7 Å². The van der Waals surface area contributed by atoms with Gasteiger partial charge in [-0.05, 0) is 54.8 Å². The van der Waals surface area contributed by atoms with E-state index >= 15 is 0 Å². The molecule has 178 valence electrons. The Morgan fingerprint density at radius 1 is 1.18 bits per heavy atom. The van der Waals surface area contributed by atoms with E-state index in [1.807, 2.05) is 18.2 Å². The molecule has 2 saturated heterocycles. The molecule has 0 aliphatic carbocycles. The molecule has 1 amide bonds. The van der Waals surface area contributed by atoms with Crippen LogP contribution < -0.4 is 10.1 Å². The van der Waals surface area contributed by atoms with Crippen LogP contribution in [0.5, 0.6) is 5.75 Å². The molecule has 0 radical (unpaired) electrons. The minimum absolute atomic E-state index is 0.0477. The van der Waals surface area contributed by atoms with Crippen LogP contribution in [0.3, 0.4) is 0 Å². The molecule has 2 unspecified atom stereocenters. The molecule has 6 nitrogen and oxygen atoms in total. The highest BCUT2D eigenvalue weighted by Crippen LogP contribution is 2.25. The number of nitrogens with one attached hydrogen (secondary N) is 1. The highest BCUT2D eigenvalue weighted by atomic mass is 19.1. The fourth-order valence-corrected chi connectivity index (χ4v) is 4.82. The van der Waals surface area contributed by atoms with Crippen molar-refractivity contribution in [1.82, 2.24) is 15.1 Å². The van der Waals surface area contributed by atoms with E-state index in [1.165, 1.54) is 6.07 Å². The first kappa shape index (κ1) is 23.7. The van der Waals surface area contributed by atoms with Crippen LogP contribution in [-0.4, -0.2) is 68.8 Å². The summed E-state index contributed by atoms with van der Waals surface area (Å²) < 4.78 is 24.4. The number of halogens is 1. The molecule has 2 aliphatic heterocycles. The van der Waals surface area contributed by atoms with Crippen molar-refractivity contribution in [2.24, 2.45) is 5.92 Å². The van der Waals surface area contributed by atoms with Gasteiger partial charge in [-0.15, -0.1) is 0 Å². The van der Waals surface area contributed by atoms with Crippen molar-refractivity contribution in [1.29, 1.82) is 0 Å². The average molecular weight is 456 g/mol. The number of morpholine rings is 1. The molecular formula is C26H34FN3O3. The summed E-state index contributed by atoms with van der Waals surface area (Å²) in [5.41, 5.74) is 2.11. The second kappa shape index (κ2) is 11.6. The molecule has 2 atom stereocenters. The van der Waals surface area contributed by atoms with E-state index in [0.29, 0.717) is 32.8 Å². The Kier molecular flexibility index (Phi) is 8.31. The fraction of sp³-hybridized carbons (Fsp3) is 0.500. The van der Waals surface area contributed by atoms with E-state index in [-0.39, 0.29) is 23.7 Å². The summed E-state index contributed by atoms with van der Waals surface area (Å²) in [4.78, 5) is 17.7. The van der Waals surface area contributed by atoms with Gasteiger partial charge in [-0.25, -0.2) is 4.39 Å². The van der Waals surface area contributed by atoms with Crippen LogP contribution in [-0.2, 0) is 16.1 Å². The summed E-state index contributed by atoms with van der Waals surface area (Å²) in [7, 11) is 1.66. The minimum atomic E-state index is -0.216. The number of hydrogen-bond donors (Lipinski definition) is 1. The molecule has 0 saturated carbocycles. The molecular weight excluding hydrogens is 421 g/mol. The van der Waals surface area contributed by atoms with Gasteiger partial charge >= 0.3 is 0 Å². The lowest BCUT2D eigenvalue weighted by molar-refractivity contribution is -0.127. The van der Waals surface area contributed by atoms with Crippen LogP contribution in [0.25, 0.3) is 0 Å². The molecule has 2 aliphatic rings. The summed E-state index contributed by atoms with van der Waals surface area (Å²) in [5.74, 6) is 0.662. The first-order valence-corrected chi connectivity index (χ1v) is 11.8. The van der Waals surface area contributed by atoms with E-state index < -0.39 is 0 Å². The number of carbonyl (C=O) groups is 1. The van der Waals surface area contributed by atoms with Crippen LogP contribution in [0.2, 0.25) is 0 Å². The zero-order valence-electron chi connectivity index (χ0n) is 19.3. The van der Waals surface area contributed by atoms with E-state index in [0.717, 1.165) is 49.4 Å². The summed E-state index contributed by atoms with van der Waals surface area (Å²) in [5, 5.41) is 3.23. The van der Waals surface area contributed by atoms with Gasteiger partial charge in [0.2, 0.25) is 5.91 Å². The van der Waals surface area contributed by atoms with Gasteiger partial charge in [-0.1, -0.05) is 24.3 Å². The number of piperidine rings is 1. The number of likely N-dealkylation sites (tertiary alicyclic amines) is 1. The predicted molar refractivity (Wildman–Crippen MR) is 126 cm³/mol. The smallest absolute Gasteiger partial charge is 0.224 e.